The molecule has 1 amide bonds. The van der Waals surface area contributed by atoms with Crippen LogP contribution >= 0.6 is 11.3 Å². The molecule has 1 aromatic heterocycles. The maximum absolute atomic E-state index is 11.6. The zero-order valence-corrected chi connectivity index (χ0v) is 9.93. The summed E-state index contributed by atoms with van der Waals surface area (Å²) in [5.74, 6) is -0.0942. The van der Waals surface area contributed by atoms with E-state index in [1.54, 1.807) is 0 Å². The first-order valence-electron chi connectivity index (χ1n) is 5.16. The van der Waals surface area contributed by atoms with Crippen LogP contribution in [0.25, 0.3) is 0 Å². The highest BCUT2D eigenvalue weighted by Crippen LogP contribution is 2.14. The molecule has 3 nitrogen and oxygen atoms in total. The molecule has 0 spiro atoms. The minimum atomic E-state index is -0.431. The van der Waals surface area contributed by atoms with E-state index in [-0.39, 0.29) is 5.91 Å². The average Bonchev–Trinajstić information content (AvgIpc) is 2.62. The molecule has 0 fully saturated rings. The van der Waals surface area contributed by atoms with Crippen LogP contribution in [0.1, 0.15) is 34.3 Å². The lowest BCUT2D eigenvalue weighted by atomic mass is 10.2. The van der Waals surface area contributed by atoms with Gasteiger partial charge in [0.2, 0.25) is 0 Å². The molecule has 15 heavy (non-hydrogen) atoms. The molecule has 0 radical (unpaired) electrons. The van der Waals surface area contributed by atoms with Crippen molar-refractivity contribution >= 4 is 17.2 Å². The third-order valence-corrected chi connectivity index (χ3v) is 3.08. The SMILES string of the molecule is CCCC(O)CNC(=O)c1ccc(C)s1. The Morgan fingerprint density at radius 3 is 2.87 bits per heavy atom. The second-order valence-electron chi connectivity index (χ2n) is 3.56. The molecule has 1 unspecified atom stereocenters. The molecule has 4 heteroatoms. The number of amides is 1. The van der Waals surface area contributed by atoms with Gasteiger partial charge >= 0.3 is 0 Å². The molecule has 0 aromatic carbocycles. The van der Waals surface area contributed by atoms with Gasteiger partial charge in [0.05, 0.1) is 11.0 Å². The predicted molar refractivity (Wildman–Crippen MR) is 62.3 cm³/mol. The Labute approximate surface area is 94.1 Å². The molecule has 0 aliphatic rings. The maximum Gasteiger partial charge on any atom is 0.261 e. The highest BCUT2D eigenvalue weighted by atomic mass is 32.1. The molecule has 0 saturated heterocycles. The zero-order chi connectivity index (χ0) is 11.3. The first-order chi connectivity index (χ1) is 7.13. The molecule has 0 bridgehead atoms. The van der Waals surface area contributed by atoms with Crippen molar-refractivity contribution in [1.29, 1.82) is 0 Å². The van der Waals surface area contributed by atoms with Crippen molar-refractivity contribution in [3.63, 3.8) is 0 Å². The molecule has 0 saturated carbocycles. The highest BCUT2D eigenvalue weighted by molar-refractivity contribution is 7.13. The van der Waals surface area contributed by atoms with Crippen LogP contribution in [-0.4, -0.2) is 23.7 Å². The van der Waals surface area contributed by atoms with Crippen LogP contribution in [-0.2, 0) is 0 Å². The summed E-state index contributed by atoms with van der Waals surface area (Å²) in [5, 5.41) is 12.2. The minimum absolute atomic E-state index is 0.0942. The molecular formula is C11H17NO2S. The van der Waals surface area contributed by atoms with E-state index in [0.29, 0.717) is 11.4 Å². The standard InChI is InChI=1S/C11H17NO2S/c1-3-4-9(13)7-12-11(14)10-6-5-8(2)15-10/h5-6,9,13H,3-4,7H2,1-2H3,(H,12,14). The van der Waals surface area contributed by atoms with E-state index >= 15 is 0 Å². The van der Waals surface area contributed by atoms with Crippen LogP contribution in [0, 0.1) is 6.92 Å². The Morgan fingerprint density at radius 2 is 2.33 bits per heavy atom. The lowest BCUT2D eigenvalue weighted by Crippen LogP contribution is -2.31. The fraction of sp³-hybridized carbons (Fsp3) is 0.545. The lowest BCUT2D eigenvalue weighted by molar-refractivity contribution is 0.0914. The smallest absolute Gasteiger partial charge is 0.261 e. The third kappa shape index (κ3) is 4.01. The largest absolute Gasteiger partial charge is 0.391 e. The number of rotatable bonds is 5. The van der Waals surface area contributed by atoms with Gasteiger partial charge in [-0.15, -0.1) is 11.3 Å². The molecule has 1 atom stereocenters. The van der Waals surface area contributed by atoms with Gasteiger partial charge in [-0.3, -0.25) is 4.79 Å². The Hall–Kier alpha value is -0.870. The summed E-state index contributed by atoms with van der Waals surface area (Å²) in [4.78, 5) is 13.4. The summed E-state index contributed by atoms with van der Waals surface area (Å²) in [7, 11) is 0. The number of nitrogens with one attached hydrogen (secondary N) is 1. The summed E-state index contributed by atoms with van der Waals surface area (Å²) >= 11 is 1.47. The topological polar surface area (TPSA) is 49.3 Å². The summed E-state index contributed by atoms with van der Waals surface area (Å²) < 4.78 is 0. The lowest BCUT2D eigenvalue weighted by Gasteiger charge is -2.09. The molecule has 0 aliphatic carbocycles. The third-order valence-electron chi connectivity index (χ3n) is 2.08. The fourth-order valence-electron chi connectivity index (χ4n) is 1.29. The van der Waals surface area contributed by atoms with Gasteiger partial charge in [-0.25, -0.2) is 0 Å². The molecule has 1 aromatic rings. The van der Waals surface area contributed by atoms with Gasteiger partial charge in [0.25, 0.3) is 5.91 Å². The summed E-state index contributed by atoms with van der Waals surface area (Å²) in [6.45, 7) is 4.31. The Balaban J connectivity index is 2.36. The van der Waals surface area contributed by atoms with Crippen LogP contribution in [0.4, 0.5) is 0 Å². The number of thiophene rings is 1. The van der Waals surface area contributed by atoms with E-state index in [1.807, 2.05) is 26.0 Å². The van der Waals surface area contributed by atoms with Gasteiger partial charge in [-0.05, 0) is 25.5 Å². The van der Waals surface area contributed by atoms with Crippen LogP contribution in [0.5, 0.6) is 0 Å². The fourth-order valence-corrected chi connectivity index (χ4v) is 2.07. The van der Waals surface area contributed by atoms with Gasteiger partial charge in [0.1, 0.15) is 0 Å². The van der Waals surface area contributed by atoms with E-state index in [2.05, 4.69) is 5.32 Å². The van der Waals surface area contributed by atoms with Crippen LogP contribution in [0.2, 0.25) is 0 Å². The highest BCUT2D eigenvalue weighted by Gasteiger charge is 2.09. The zero-order valence-electron chi connectivity index (χ0n) is 9.12. The quantitative estimate of drug-likeness (QED) is 0.807. The Morgan fingerprint density at radius 1 is 1.60 bits per heavy atom. The first kappa shape index (κ1) is 12.2. The molecule has 1 rings (SSSR count). The molecule has 1 heterocycles. The van der Waals surface area contributed by atoms with E-state index in [0.717, 1.165) is 17.7 Å². The molecule has 84 valence electrons. The Kier molecular flexibility index (Phi) is 4.78. The van der Waals surface area contributed by atoms with Crippen molar-refractivity contribution < 1.29 is 9.90 Å². The number of carbonyl (C=O) groups excluding carboxylic acids is 1. The van der Waals surface area contributed by atoms with Crippen molar-refractivity contribution in [2.75, 3.05) is 6.54 Å². The van der Waals surface area contributed by atoms with Crippen LogP contribution in [0.15, 0.2) is 12.1 Å². The predicted octanol–water partition coefficient (Wildman–Crippen LogP) is 1.95. The van der Waals surface area contributed by atoms with E-state index in [1.165, 1.54) is 11.3 Å². The second-order valence-corrected chi connectivity index (χ2v) is 4.85. The maximum atomic E-state index is 11.6. The van der Waals surface area contributed by atoms with E-state index in [4.69, 9.17) is 0 Å². The monoisotopic (exact) mass is 227 g/mol. The second kappa shape index (κ2) is 5.88. The van der Waals surface area contributed by atoms with Crippen molar-refractivity contribution in [1.82, 2.24) is 5.32 Å². The first-order valence-corrected chi connectivity index (χ1v) is 5.97. The summed E-state index contributed by atoms with van der Waals surface area (Å²) in [6, 6.07) is 3.73. The summed E-state index contributed by atoms with van der Waals surface area (Å²) in [5.41, 5.74) is 0. The average molecular weight is 227 g/mol. The minimum Gasteiger partial charge on any atom is -0.391 e. The number of aliphatic hydroxyl groups excluding tert-OH is 1. The normalized spacial score (nSPS) is 12.5. The number of hydrogen-bond donors (Lipinski definition) is 2. The van der Waals surface area contributed by atoms with Crippen molar-refractivity contribution in [3.8, 4) is 0 Å². The molecule has 0 aliphatic heterocycles. The number of carbonyl (C=O) groups is 1. The van der Waals surface area contributed by atoms with Gasteiger partial charge < -0.3 is 10.4 Å². The number of aryl methyl sites for hydroxylation is 1. The van der Waals surface area contributed by atoms with Gasteiger partial charge in [0.15, 0.2) is 0 Å². The van der Waals surface area contributed by atoms with Crippen LogP contribution in [0.3, 0.4) is 0 Å². The number of hydrogen-bond acceptors (Lipinski definition) is 3. The Bertz CT molecular complexity index is 322. The van der Waals surface area contributed by atoms with E-state index < -0.39 is 6.10 Å². The van der Waals surface area contributed by atoms with Gasteiger partial charge in [-0.2, -0.15) is 0 Å². The molecular weight excluding hydrogens is 210 g/mol. The van der Waals surface area contributed by atoms with Gasteiger partial charge in [0, 0.05) is 11.4 Å². The van der Waals surface area contributed by atoms with Crippen molar-refractivity contribution in [2.45, 2.75) is 32.8 Å². The summed E-state index contributed by atoms with van der Waals surface area (Å²) in [6.07, 6.45) is 1.22. The van der Waals surface area contributed by atoms with E-state index in [9.17, 15) is 9.90 Å². The number of aliphatic hydroxyl groups is 1. The van der Waals surface area contributed by atoms with Gasteiger partial charge in [-0.1, -0.05) is 13.3 Å². The van der Waals surface area contributed by atoms with Crippen LogP contribution < -0.4 is 5.32 Å². The molecule has 2 N–H and O–H groups in total. The van der Waals surface area contributed by atoms with Crippen molar-refractivity contribution in [2.24, 2.45) is 0 Å². The van der Waals surface area contributed by atoms with Crippen molar-refractivity contribution in [3.05, 3.63) is 21.9 Å².